The van der Waals surface area contributed by atoms with Gasteiger partial charge < -0.3 is 15.3 Å². The molecule has 3 N–H and O–H groups in total. The highest BCUT2D eigenvalue weighted by atomic mass is 32.2. The summed E-state index contributed by atoms with van der Waals surface area (Å²) in [5, 5.41) is 13.7. The number of hydrogen-bond donors (Lipinski definition) is 2. The first kappa shape index (κ1) is 20.8. The van der Waals surface area contributed by atoms with Crippen LogP contribution in [0.2, 0.25) is 0 Å². The molecule has 4 rings (SSSR count). The quantitative estimate of drug-likeness (QED) is 0.388. The van der Waals surface area contributed by atoms with E-state index in [0.29, 0.717) is 24.2 Å². The zero-order chi connectivity index (χ0) is 21.3. The number of aromatic amines is 1. The van der Waals surface area contributed by atoms with Crippen LogP contribution in [0.5, 0.6) is 0 Å². The third-order valence-electron chi connectivity index (χ3n) is 4.62. The van der Waals surface area contributed by atoms with Crippen LogP contribution in [0.25, 0.3) is 20.7 Å². The lowest BCUT2D eigenvalue weighted by Gasteiger charge is -2.11. The van der Waals surface area contributed by atoms with Crippen LogP contribution in [0.3, 0.4) is 0 Å². The summed E-state index contributed by atoms with van der Waals surface area (Å²) >= 11 is 4.55. The fraction of sp³-hybridized carbons (Fsp3) is 0.316. The Kier molecular flexibility index (Phi) is 6.02. The summed E-state index contributed by atoms with van der Waals surface area (Å²) in [6.45, 7) is 4.64. The van der Waals surface area contributed by atoms with Gasteiger partial charge in [-0.1, -0.05) is 17.8 Å². The number of rotatable bonds is 8. The number of hydrogen-bond acceptors (Lipinski definition) is 8. The predicted molar refractivity (Wildman–Crippen MR) is 121 cm³/mol. The standard InChI is InChI=1S/C19H20N6O2S3/c1-3-25-14(7-6-13(20)26)23-24-19(25)30-10(2)16-21-17(27)15-11(9-29-18(15)22-16)12-5-4-8-28-12/h4-5,8-10H,3,6-7H2,1-2H3,(H2,20,26)(H,21,22,27)/t10-/m1/s1. The van der Waals surface area contributed by atoms with Gasteiger partial charge in [-0.2, -0.15) is 0 Å². The number of amides is 1. The van der Waals surface area contributed by atoms with Gasteiger partial charge in [-0.25, -0.2) is 4.98 Å². The van der Waals surface area contributed by atoms with E-state index >= 15 is 0 Å². The van der Waals surface area contributed by atoms with Gasteiger partial charge in [0.25, 0.3) is 5.56 Å². The largest absolute Gasteiger partial charge is 0.370 e. The SMILES string of the molecule is CCn1c(CCC(N)=O)nnc1S[C@H](C)c1nc2scc(-c3cccs3)c2c(=O)[nH]1. The van der Waals surface area contributed by atoms with E-state index < -0.39 is 0 Å². The Morgan fingerprint density at radius 3 is 2.90 bits per heavy atom. The maximum Gasteiger partial charge on any atom is 0.260 e. The van der Waals surface area contributed by atoms with Crippen molar-refractivity contribution in [2.24, 2.45) is 5.73 Å². The summed E-state index contributed by atoms with van der Waals surface area (Å²) in [5.74, 6) is 0.958. The van der Waals surface area contributed by atoms with Crippen LogP contribution in [-0.4, -0.2) is 30.6 Å². The summed E-state index contributed by atoms with van der Waals surface area (Å²) in [6, 6.07) is 3.98. The monoisotopic (exact) mass is 460 g/mol. The van der Waals surface area contributed by atoms with Gasteiger partial charge in [0.05, 0.1) is 10.6 Å². The molecule has 0 saturated carbocycles. The molecule has 11 heteroatoms. The minimum absolute atomic E-state index is 0.132. The summed E-state index contributed by atoms with van der Waals surface area (Å²) in [6.07, 6.45) is 0.682. The molecule has 156 valence electrons. The molecule has 0 bridgehead atoms. The van der Waals surface area contributed by atoms with E-state index in [9.17, 15) is 9.59 Å². The Balaban J connectivity index is 1.61. The van der Waals surface area contributed by atoms with Crippen LogP contribution >= 0.6 is 34.4 Å². The van der Waals surface area contributed by atoms with Crippen LogP contribution in [-0.2, 0) is 17.8 Å². The van der Waals surface area contributed by atoms with Crippen molar-refractivity contribution in [3.8, 4) is 10.4 Å². The Bertz CT molecular complexity index is 1240. The Hall–Kier alpha value is -2.50. The molecule has 8 nitrogen and oxygen atoms in total. The molecule has 0 aromatic carbocycles. The number of nitrogens with one attached hydrogen (secondary N) is 1. The van der Waals surface area contributed by atoms with Crippen LogP contribution in [0.15, 0.2) is 32.8 Å². The van der Waals surface area contributed by atoms with Gasteiger partial charge in [-0.15, -0.1) is 32.9 Å². The molecule has 0 fully saturated rings. The van der Waals surface area contributed by atoms with Crippen molar-refractivity contribution in [1.82, 2.24) is 24.7 Å². The van der Waals surface area contributed by atoms with Crippen molar-refractivity contribution < 1.29 is 4.79 Å². The molecule has 4 aromatic rings. The molecular weight excluding hydrogens is 440 g/mol. The molecule has 30 heavy (non-hydrogen) atoms. The molecule has 0 aliphatic rings. The van der Waals surface area contributed by atoms with E-state index in [-0.39, 0.29) is 23.1 Å². The topological polar surface area (TPSA) is 120 Å². The Morgan fingerprint density at radius 2 is 2.20 bits per heavy atom. The van der Waals surface area contributed by atoms with E-state index in [4.69, 9.17) is 10.7 Å². The first-order valence-corrected chi connectivity index (χ1v) is 12.0. The predicted octanol–water partition coefficient (Wildman–Crippen LogP) is 3.60. The van der Waals surface area contributed by atoms with E-state index in [1.807, 2.05) is 41.3 Å². The smallest absolute Gasteiger partial charge is 0.260 e. The van der Waals surface area contributed by atoms with Gasteiger partial charge in [0.15, 0.2) is 5.16 Å². The summed E-state index contributed by atoms with van der Waals surface area (Å²) in [4.78, 5) is 33.4. The zero-order valence-electron chi connectivity index (χ0n) is 16.4. The molecular formula is C19H20N6O2S3. The number of nitrogens with zero attached hydrogens (tertiary/aromatic N) is 4. The average Bonchev–Trinajstić information content (AvgIpc) is 3.45. The summed E-state index contributed by atoms with van der Waals surface area (Å²) in [5.41, 5.74) is 6.04. The van der Waals surface area contributed by atoms with E-state index in [0.717, 1.165) is 26.3 Å². The van der Waals surface area contributed by atoms with Crippen molar-refractivity contribution in [2.45, 2.75) is 43.6 Å². The fourth-order valence-electron chi connectivity index (χ4n) is 3.13. The first-order chi connectivity index (χ1) is 14.5. The molecule has 0 aliphatic carbocycles. The van der Waals surface area contributed by atoms with Crippen molar-refractivity contribution in [2.75, 3.05) is 0 Å². The lowest BCUT2D eigenvalue weighted by atomic mass is 10.2. The van der Waals surface area contributed by atoms with Crippen molar-refractivity contribution >= 4 is 50.6 Å². The molecule has 4 aromatic heterocycles. The third kappa shape index (κ3) is 4.05. The molecule has 1 amide bonds. The second kappa shape index (κ2) is 8.70. The van der Waals surface area contributed by atoms with Gasteiger partial charge in [0, 0.05) is 35.2 Å². The molecule has 0 aliphatic heterocycles. The highest BCUT2D eigenvalue weighted by molar-refractivity contribution is 7.99. The van der Waals surface area contributed by atoms with Crippen molar-refractivity contribution in [3.63, 3.8) is 0 Å². The van der Waals surface area contributed by atoms with Crippen molar-refractivity contribution in [1.29, 1.82) is 0 Å². The number of thioether (sulfide) groups is 1. The van der Waals surface area contributed by atoms with Gasteiger partial charge in [-0.05, 0) is 25.3 Å². The van der Waals surface area contributed by atoms with Crippen LogP contribution < -0.4 is 11.3 Å². The van der Waals surface area contributed by atoms with Gasteiger partial charge in [-0.3, -0.25) is 9.59 Å². The molecule has 0 spiro atoms. The van der Waals surface area contributed by atoms with Gasteiger partial charge in [0.2, 0.25) is 5.91 Å². The first-order valence-electron chi connectivity index (χ1n) is 9.40. The molecule has 4 heterocycles. The minimum Gasteiger partial charge on any atom is -0.370 e. The summed E-state index contributed by atoms with van der Waals surface area (Å²) < 4.78 is 1.96. The number of thiophene rings is 2. The molecule has 1 atom stereocenters. The van der Waals surface area contributed by atoms with Crippen molar-refractivity contribution in [3.05, 3.63) is 44.9 Å². The molecule has 0 radical (unpaired) electrons. The maximum atomic E-state index is 12.8. The second-order valence-corrected chi connectivity index (χ2v) is 9.74. The van der Waals surface area contributed by atoms with E-state index in [1.165, 1.54) is 23.1 Å². The van der Waals surface area contributed by atoms with Gasteiger partial charge in [0.1, 0.15) is 16.5 Å². The number of carbonyl (C=O) groups is 1. The fourth-order valence-corrected chi connectivity index (χ4v) is 5.89. The average molecular weight is 461 g/mol. The Labute approximate surface area is 184 Å². The summed E-state index contributed by atoms with van der Waals surface area (Å²) in [7, 11) is 0. The minimum atomic E-state index is -0.365. The highest BCUT2D eigenvalue weighted by Crippen LogP contribution is 2.36. The van der Waals surface area contributed by atoms with Gasteiger partial charge >= 0.3 is 0 Å². The van der Waals surface area contributed by atoms with Crippen LogP contribution in [0.1, 0.15) is 37.2 Å². The third-order valence-corrected chi connectivity index (χ3v) is 7.49. The van der Waals surface area contributed by atoms with E-state index in [2.05, 4.69) is 15.2 Å². The number of aryl methyl sites for hydroxylation is 1. The van der Waals surface area contributed by atoms with Crippen LogP contribution in [0, 0.1) is 0 Å². The lowest BCUT2D eigenvalue weighted by molar-refractivity contribution is -0.118. The number of H-pyrrole nitrogens is 1. The Morgan fingerprint density at radius 1 is 1.37 bits per heavy atom. The van der Waals surface area contributed by atoms with Crippen LogP contribution in [0.4, 0.5) is 0 Å². The molecule has 0 saturated heterocycles. The lowest BCUT2D eigenvalue weighted by Crippen LogP contribution is -2.14. The maximum absolute atomic E-state index is 12.8. The highest BCUT2D eigenvalue weighted by Gasteiger charge is 2.20. The number of nitrogens with two attached hydrogens (primary N) is 1. The zero-order valence-corrected chi connectivity index (χ0v) is 18.9. The number of primary amides is 1. The second-order valence-electron chi connectivity index (χ2n) is 6.63. The number of aromatic nitrogens is 5. The normalized spacial score (nSPS) is 12.5. The molecule has 0 unspecified atom stereocenters. The number of carbonyl (C=O) groups excluding carboxylic acids is 1. The van der Waals surface area contributed by atoms with E-state index in [1.54, 1.807) is 11.3 Å². The number of fused-ring (bicyclic) bond motifs is 1.